The van der Waals surface area contributed by atoms with Crippen LogP contribution in [0.5, 0.6) is 0 Å². The summed E-state index contributed by atoms with van der Waals surface area (Å²) in [5, 5.41) is 0.783. The molecular weight excluding hydrogens is 321 g/mol. The molecule has 0 aliphatic carbocycles. The molecule has 5 heteroatoms. The Labute approximate surface area is 143 Å². The summed E-state index contributed by atoms with van der Waals surface area (Å²) in [6, 6.07) is 13.2. The normalized spacial score (nSPS) is 12.4. The van der Waals surface area contributed by atoms with Gasteiger partial charge in [-0.3, -0.25) is 4.79 Å². The number of nitrogens with one attached hydrogen (secondary N) is 1. The highest BCUT2D eigenvalue weighted by Gasteiger charge is 2.21. The van der Waals surface area contributed by atoms with E-state index in [4.69, 9.17) is 4.74 Å². The van der Waals surface area contributed by atoms with Gasteiger partial charge in [-0.05, 0) is 36.8 Å². The summed E-state index contributed by atoms with van der Waals surface area (Å²) in [7, 11) is 0. The van der Waals surface area contributed by atoms with Gasteiger partial charge in [-0.2, -0.15) is 0 Å². The Bertz CT molecular complexity index is 958. The highest BCUT2D eigenvalue weighted by Crippen LogP contribution is 2.20. The molecule has 1 N–H and O–H groups in total. The fourth-order valence-electron chi connectivity index (χ4n) is 2.54. The number of rotatable bonds is 5. The van der Waals surface area contributed by atoms with Gasteiger partial charge in [0.1, 0.15) is 5.82 Å². The van der Waals surface area contributed by atoms with Crippen molar-refractivity contribution in [3.05, 3.63) is 77.7 Å². The van der Waals surface area contributed by atoms with E-state index in [1.165, 1.54) is 31.2 Å². The van der Waals surface area contributed by atoms with Gasteiger partial charge in [-0.1, -0.05) is 30.3 Å². The van der Waals surface area contributed by atoms with Crippen molar-refractivity contribution in [2.45, 2.75) is 13.0 Å². The van der Waals surface area contributed by atoms with E-state index in [0.29, 0.717) is 11.1 Å². The van der Waals surface area contributed by atoms with Crippen molar-refractivity contribution >= 4 is 28.7 Å². The first-order valence-electron chi connectivity index (χ1n) is 7.79. The number of para-hydroxylation sites is 1. The molecule has 0 amide bonds. The number of H-pyrrole nitrogens is 1. The molecule has 25 heavy (non-hydrogen) atoms. The molecule has 1 unspecified atom stereocenters. The molecular formula is C20H16FNO3. The molecule has 2 aromatic carbocycles. The average Bonchev–Trinajstić information content (AvgIpc) is 3.03. The Balaban J connectivity index is 1.68. The van der Waals surface area contributed by atoms with Crippen LogP contribution < -0.4 is 0 Å². The van der Waals surface area contributed by atoms with E-state index >= 15 is 0 Å². The number of carbonyl (C=O) groups is 2. The minimum atomic E-state index is -0.927. The van der Waals surface area contributed by atoms with Crippen LogP contribution in [0.2, 0.25) is 0 Å². The number of hydrogen-bond donors (Lipinski definition) is 1. The Morgan fingerprint density at radius 2 is 1.96 bits per heavy atom. The highest BCUT2D eigenvalue weighted by molar-refractivity contribution is 6.10. The quantitative estimate of drug-likeness (QED) is 0.432. The van der Waals surface area contributed by atoms with E-state index in [0.717, 1.165) is 10.9 Å². The van der Waals surface area contributed by atoms with E-state index in [-0.39, 0.29) is 5.78 Å². The zero-order valence-corrected chi connectivity index (χ0v) is 13.5. The lowest BCUT2D eigenvalue weighted by Gasteiger charge is -2.10. The third-order valence-electron chi connectivity index (χ3n) is 3.78. The smallest absolute Gasteiger partial charge is 0.331 e. The van der Waals surface area contributed by atoms with E-state index in [1.807, 2.05) is 24.3 Å². The van der Waals surface area contributed by atoms with Crippen LogP contribution in [0.1, 0.15) is 22.8 Å². The lowest BCUT2D eigenvalue weighted by molar-refractivity contribution is -0.140. The van der Waals surface area contributed by atoms with Crippen molar-refractivity contribution < 1.29 is 18.7 Å². The molecule has 0 saturated heterocycles. The van der Waals surface area contributed by atoms with Gasteiger partial charge in [0, 0.05) is 28.7 Å². The van der Waals surface area contributed by atoms with Crippen LogP contribution in [0.4, 0.5) is 4.39 Å². The van der Waals surface area contributed by atoms with Crippen LogP contribution >= 0.6 is 0 Å². The van der Waals surface area contributed by atoms with Crippen molar-refractivity contribution in [3.8, 4) is 0 Å². The first-order chi connectivity index (χ1) is 12.0. The first kappa shape index (κ1) is 16.6. The molecule has 4 nitrogen and oxygen atoms in total. The zero-order valence-electron chi connectivity index (χ0n) is 13.5. The Hall–Kier alpha value is -3.21. The summed E-state index contributed by atoms with van der Waals surface area (Å²) in [5.41, 5.74) is 1.85. The SMILES string of the molecule is CC(OC(=O)/C=C/c1cccc(F)c1)C(=O)c1c[nH]c2ccccc12. The van der Waals surface area contributed by atoms with Gasteiger partial charge in [-0.25, -0.2) is 9.18 Å². The maximum atomic E-state index is 13.1. The molecule has 0 radical (unpaired) electrons. The van der Waals surface area contributed by atoms with Crippen LogP contribution in [0.3, 0.4) is 0 Å². The van der Waals surface area contributed by atoms with E-state index in [9.17, 15) is 14.0 Å². The van der Waals surface area contributed by atoms with E-state index in [1.54, 1.807) is 18.3 Å². The summed E-state index contributed by atoms with van der Waals surface area (Å²) in [4.78, 5) is 27.4. The summed E-state index contributed by atoms with van der Waals surface area (Å²) in [6.07, 6.45) is 3.30. The molecule has 3 rings (SSSR count). The molecule has 1 aromatic heterocycles. The molecule has 0 aliphatic heterocycles. The van der Waals surface area contributed by atoms with Crippen molar-refractivity contribution in [2.24, 2.45) is 0 Å². The average molecular weight is 337 g/mol. The molecule has 126 valence electrons. The molecule has 0 bridgehead atoms. The van der Waals surface area contributed by atoms with Gasteiger partial charge in [0.25, 0.3) is 0 Å². The van der Waals surface area contributed by atoms with E-state index < -0.39 is 17.9 Å². The molecule has 0 saturated carbocycles. The predicted molar refractivity (Wildman–Crippen MR) is 93.6 cm³/mol. The molecule has 0 spiro atoms. The number of ether oxygens (including phenoxy) is 1. The standard InChI is InChI=1S/C20H16FNO3/c1-13(20(24)17-12-22-18-8-3-2-7-16(17)18)25-19(23)10-9-14-5-4-6-15(21)11-14/h2-13,22H,1H3/b10-9+. The minimum absolute atomic E-state index is 0.287. The number of hydrogen-bond acceptors (Lipinski definition) is 3. The van der Waals surface area contributed by atoms with Gasteiger partial charge < -0.3 is 9.72 Å². The van der Waals surface area contributed by atoms with E-state index in [2.05, 4.69) is 4.98 Å². The van der Waals surface area contributed by atoms with Crippen LogP contribution in [0, 0.1) is 5.82 Å². The number of ketones is 1. The van der Waals surface area contributed by atoms with Gasteiger partial charge in [-0.15, -0.1) is 0 Å². The fourth-order valence-corrected chi connectivity index (χ4v) is 2.54. The monoisotopic (exact) mass is 337 g/mol. The second kappa shape index (κ2) is 7.13. The van der Waals surface area contributed by atoms with Gasteiger partial charge in [0.2, 0.25) is 5.78 Å². The summed E-state index contributed by atoms with van der Waals surface area (Å²) >= 11 is 0. The fraction of sp³-hybridized carbons (Fsp3) is 0.100. The molecule has 3 aromatic rings. The lowest BCUT2D eigenvalue weighted by Crippen LogP contribution is -2.23. The third kappa shape index (κ3) is 3.83. The number of carbonyl (C=O) groups excluding carboxylic acids is 2. The Morgan fingerprint density at radius 3 is 2.76 bits per heavy atom. The molecule has 1 heterocycles. The predicted octanol–water partition coefficient (Wildman–Crippen LogP) is 4.13. The Kier molecular flexibility index (Phi) is 4.75. The third-order valence-corrected chi connectivity index (χ3v) is 3.78. The largest absolute Gasteiger partial charge is 0.451 e. The minimum Gasteiger partial charge on any atom is -0.451 e. The van der Waals surface area contributed by atoms with Crippen molar-refractivity contribution in [1.29, 1.82) is 0 Å². The number of aromatic nitrogens is 1. The number of esters is 1. The second-order valence-electron chi connectivity index (χ2n) is 5.58. The number of fused-ring (bicyclic) bond motifs is 1. The lowest BCUT2D eigenvalue weighted by atomic mass is 10.1. The van der Waals surface area contributed by atoms with Crippen LogP contribution in [0.25, 0.3) is 17.0 Å². The molecule has 0 aliphatic rings. The first-order valence-corrected chi connectivity index (χ1v) is 7.79. The highest BCUT2D eigenvalue weighted by atomic mass is 19.1. The number of halogens is 1. The van der Waals surface area contributed by atoms with Crippen molar-refractivity contribution in [1.82, 2.24) is 4.98 Å². The van der Waals surface area contributed by atoms with Crippen molar-refractivity contribution in [3.63, 3.8) is 0 Å². The summed E-state index contributed by atoms with van der Waals surface area (Å²) in [5.74, 6) is -1.34. The number of aromatic amines is 1. The number of benzene rings is 2. The molecule has 0 fully saturated rings. The van der Waals surface area contributed by atoms with Gasteiger partial charge >= 0.3 is 5.97 Å². The maximum absolute atomic E-state index is 13.1. The number of Topliss-reactive ketones (excluding diaryl/α,β-unsaturated/α-hetero) is 1. The van der Waals surface area contributed by atoms with Gasteiger partial charge in [0.15, 0.2) is 6.10 Å². The van der Waals surface area contributed by atoms with Crippen molar-refractivity contribution in [2.75, 3.05) is 0 Å². The second-order valence-corrected chi connectivity index (χ2v) is 5.58. The topological polar surface area (TPSA) is 59.2 Å². The van der Waals surface area contributed by atoms with Crippen LogP contribution in [-0.4, -0.2) is 22.8 Å². The Morgan fingerprint density at radius 1 is 1.16 bits per heavy atom. The maximum Gasteiger partial charge on any atom is 0.331 e. The van der Waals surface area contributed by atoms with Crippen LogP contribution in [-0.2, 0) is 9.53 Å². The van der Waals surface area contributed by atoms with Crippen LogP contribution in [0.15, 0.2) is 60.8 Å². The van der Waals surface area contributed by atoms with Gasteiger partial charge in [0.05, 0.1) is 0 Å². The summed E-state index contributed by atoms with van der Waals surface area (Å²) in [6.45, 7) is 1.53. The molecule has 1 atom stereocenters. The zero-order chi connectivity index (χ0) is 17.8. The summed E-state index contributed by atoms with van der Waals surface area (Å²) < 4.78 is 18.2.